The molecule has 0 saturated carbocycles. The Hall–Kier alpha value is -3.38. The van der Waals surface area contributed by atoms with Crippen LogP contribution >= 0.6 is 43.5 Å². The Labute approximate surface area is 221 Å². The predicted octanol–water partition coefficient (Wildman–Crippen LogP) is 6.88. The summed E-state index contributed by atoms with van der Waals surface area (Å²) >= 11 is 13.3. The molecule has 2 heterocycles. The third-order valence-electron chi connectivity index (χ3n) is 5.10. The molecule has 0 radical (unpaired) electrons. The first-order valence-electron chi connectivity index (χ1n) is 10.3. The first-order chi connectivity index (χ1) is 16.9. The average molecular weight is 612 g/mol. The third-order valence-corrected chi connectivity index (χ3v) is 6.46. The van der Waals surface area contributed by atoms with E-state index in [2.05, 4.69) is 47.9 Å². The molecule has 0 spiro atoms. The van der Waals surface area contributed by atoms with E-state index in [9.17, 15) is 4.79 Å². The predicted molar refractivity (Wildman–Crippen MR) is 145 cm³/mol. The van der Waals surface area contributed by atoms with Gasteiger partial charge >= 0.3 is 0 Å². The van der Waals surface area contributed by atoms with E-state index in [0.717, 1.165) is 9.86 Å². The third kappa shape index (κ3) is 4.63. The number of ether oxygens (including phenoxy) is 1. The van der Waals surface area contributed by atoms with Crippen LogP contribution in [0.2, 0.25) is 5.02 Å². The number of furan rings is 1. The molecule has 0 unspecified atom stereocenters. The molecule has 0 fully saturated rings. The van der Waals surface area contributed by atoms with Gasteiger partial charge in [-0.15, -0.1) is 6.42 Å². The maximum atomic E-state index is 13.4. The Morgan fingerprint density at radius 3 is 2.80 bits per heavy atom. The van der Waals surface area contributed by atoms with Crippen molar-refractivity contribution in [3.8, 4) is 29.7 Å². The average Bonchev–Trinajstić information content (AvgIpc) is 3.26. The van der Waals surface area contributed by atoms with E-state index in [1.165, 1.54) is 10.9 Å². The number of hydrogen-bond acceptors (Lipinski definition) is 5. The summed E-state index contributed by atoms with van der Waals surface area (Å²) in [5, 5.41) is 6.11. The van der Waals surface area contributed by atoms with E-state index in [0.29, 0.717) is 43.1 Å². The van der Waals surface area contributed by atoms with Crippen LogP contribution in [0.4, 0.5) is 0 Å². The molecule has 0 N–H and O–H groups in total. The monoisotopic (exact) mass is 609 g/mol. The number of nitrogens with zero attached hydrogens (tertiary/aromatic N) is 3. The maximum absolute atomic E-state index is 13.4. The standard InChI is InChI=1S/C26H14Br2ClN3O3/c1-2-9-34-24-19(28)10-15(11-20(24)29)14-30-32-25(31-21-6-4-3-5-18(21)26(32)33)23-13-16-12-17(27)7-8-22(16)35-23/h1,3-8,10-14H,9H2. The zero-order valence-corrected chi connectivity index (χ0v) is 21.8. The van der Waals surface area contributed by atoms with E-state index in [1.54, 1.807) is 30.3 Å². The van der Waals surface area contributed by atoms with Crippen LogP contribution in [0.25, 0.3) is 33.5 Å². The Bertz CT molecular complexity index is 1710. The van der Waals surface area contributed by atoms with Gasteiger partial charge in [-0.05, 0) is 70.0 Å². The summed E-state index contributed by atoms with van der Waals surface area (Å²) in [5.41, 5.74) is 1.51. The van der Waals surface area contributed by atoms with Crippen LogP contribution in [0.1, 0.15) is 5.56 Å². The largest absolute Gasteiger partial charge is 0.478 e. The molecule has 0 aliphatic carbocycles. The molecular formula is C26H14Br2ClN3O3. The molecule has 0 saturated heterocycles. The highest BCUT2D eigenvalue weighted by Crippen LogP contribution is 2.34. The highest BCUT2D eigenvalue weighted by Gasteiger charge is 2.17. The quantitative estimate of drug-likeness (QED) is 0.161. The van der Waals surface area contributed by atoms with Crippen molar-refractivity contribution < 1.29 is 9.15 Å². The van der Waals surface area contributed by atoms with Crippen LogP contribution in [-0.4, -0.2) is 22.5 Å². The molecule has 0 aliphatic rings. The van der Waals surface area contributed by atoms with Gasteiger partial charge in [0.15, 0.2) is 11.5 Å². The Morgan fingerprint density at radius 2 is 2.00 bits per heavy atom. The second kappa shape index (κ2) is 9.70. The lowest BCUT2D eigenvalue weighted by Crippen LogP contribution is -2.20. The molecule has 9 heteroatoms. The molecule has 2 aromatic heterocycles. The normalized spacial score (nSPS) is 11.4. The molecular weight excluding hydrogens is 598 g/mol. The fourth-order valence-corrected chi connectivity index (χ4v) is 4.91. The second-order valence-corrected chi connectivity index (χ2v) is 9.59. The zero-order chi connectivity index (χ0) is 24.5. The lowest BCUT2D eigenvalue weighted by Gasteiger charge is -2.09. The number of para-hydroxylation sites is 1. The van der Waals surface area contributed by atoms with Gasteiger partial charge in [0.1, 0.15) is 12.2 Å². The van der Waals surface area contributed by atoms with Crippen molar-refractivity contribution in [2.24, 2.45) is 5.10 Å². The lowest BCUT2D eigenvalue weighted by atomic mass is 10.2. The Morgan fingerprint density at radius 1 is 1.17 bits per heavy atom. The molecule has 0 aliphatic heterocycles. The van der Waals surface area contributed by atoms with Crippen molar-refractivity contribution in [3.05, 3.63) is 90.5 Å². The van der Waals surface area contributed by atoms with Crippen LogP contribution in [0.5, 0.6) is 5.75 Å². The van der Waals surface area contributed by atoms with E-state index >= 15 is 0 Å². The molecule has 0 amide bonds. The minimum absolute atomic E-state index is 0.0847. The molecule has 172 valence electrons. The van der Waals surface area contributed by atoms with Gasteiger partial charge in [-0.1, -0.05) is 45.6 Å². The van der Waals surface area contributed by atoms with E-state index in [1.807, 2.05) is 30.3 Å². The number of rotatable bonds is 5. The fraction of sp³-hybridized carbons (Fsp3) is 0.0385. The van der Waals surface area contributed by atoms with Crippen LogP contribution in [-0.2, 0) is 0 Å². The molecule has 0 bridgehead atoms. The van der Waals surface area contributed by atoms with Crippen LogP contribution in [0, 0.1) is 12.3 Å². The van der Waals surface area contributed by atoms with Crippen molar-refractivity contribution in [2.45, 2.75) is 0 Å². The van der Waals surface area contributed by atoms with Gasteiger partial charge in [0.05, 0.1) is 26.6 Å². The summed E-state index contributed by atoms with van der Waals surface area (Å²) in [6, 6.07) is 18.0. The van der Waals surface area contributed by atoms with Crippen LogP contribution in [0.3, 0.4) is 0 Å². The summed E-state index contributed by atoms with van der Waals surface area (Å²) in [6.07, 6.45) is 6.78. The summed E-state index contributed by atoms with van der Waals surface area (Å²) in [5.74, 6) is 3.52. The molecule has 0 atom stereocenters. The van der Waals surface area contributed by atoms with Crippen molar-refractivity contribution in [2.75, 3.05) is 6.61 Å². The van der Waals surface area contributed by atoms with E-state index in [-0.39, 0.29) is 18.0 Å². The van der Waals surface area contributed by atoms with E-state index < -0.39 is 0 Å². The van der Waals surface area contributed by atoms with E-state index in [4.69, 9.17) is 27.2 Å². The first-order valence-corrected chi connectivity index (χ1v) is 12.2. The van der Waals surface area contributed by atoms with Gasteiger partial charge in [-0.2, -0.15) is 9.78 Å². The number of terminal acetylenes is 1. The summed E-state index contributed by atoms with van der Waals surface area (Å²) in [6.45, 7) is 0.0847. The first kappa shape index (κ1) is 23.4. The number of halogens is 3. The number of fused-ring (bicyclic) bond motifs is 2. The van der Waals surface area contributed by atoms with Crippen molar-refractivity contribution >= 4 is 71.5 Å². The second-order valence-electron chi connectivity index (χ2n) is 7.41. The Kier molecular flexibility index (Phi) is 6.48. The van der Waals surface area contributed by atoms with Gasteiger partial charge in [-0.25, -0.2) is 4.98 Å². The fourth-order valence-electron chi connectivity index (χ4n) is 3.54. The molecule has 35 heavy (non-hydrogen) atoms. The van der Waals surface area contributed by atoms with Crippen molar-refractivity contribution in [3.63, 3.8) is 0 Å². The van der Waals surface area contributed by atoms with Gasteiger partial charge in [0.2, 0.25) is 5.82 Å². The summed E-state index contributed by atoms with van der Waals surface area (Å²) in [4.78, 5) is 18.1. The van der Waals surface area contributed by atoms with Gasteiger partial charge < -0.3 is 9.15 Å². The van der Waals surface area contributed by atoms with Crippen molar-refractivity contribution in [1.82, 2.24) is 9.66 Å². The molecule has 3 aromatic carbocycles. The highest BCUT2D eigenvalue weighted by molar-refractivity contribution is 9.10. The minimum Gasteiger partial charge on any atom is -0.478 e. The lowest BCUT2D eigenvalue weighted by molar-refractivity contribution is 0.368. The SMILES string of the molecule is C#CCOc1c(Cl)cc(C=Nn2c(-c3cc4cc(Br)ccc4o3)nc3ccccc3c2=O)cc1Br. The van der Waals surface area contributed by atoms with Gasteiger partial charge in [0, 0.05) is 9.86 Å². The summed E-state index contributed by atoms with van der Waals surface area (Å²) in [7, 11) is 0. The molecule has 5 aromatic rings. The highest BCUT2D eigenvalue weighted by atomic mass is 79.9. The minimum atomic E-state index is -0.331. The number of aromatic nitrogens is 2. The molecule has 6 nitrogen and oxygen atoms in total. The van der Waals surface area contributed by atoms with Gasteiger partial charge in [0.25, 0.3) is 5.56 Å². The zero-order valence-electron chi connectivity index (χ0n) is 17.8. The maximum Gasteiger partial charge on any atom is 0.282 e. The van der Waals surface area contributed by atoms with Crippen molar-refractivity contribution in [1.29, 1.82) is 0 Å². The topological polar surface area (TPSA) is 69.6 Å². The molecule has 5 rings (SSSR count). The van der Waals surface area contributed by atoms with Crippen LogP contribution < -0.4 is 10.3 Å². The number of benzene rings is 3. The Balaban J connectivity index is 1.65. The smallest absolute Gasteiger partial charge is 0.282 e. The number of hydrogen-bond donors (Lipinski definition) is 0. The summed E-state index contributed by atoms with van der Waals surface area (Å²) < 4.78 is 14.2. The van der Waals surface area contributed by atoms with Crippen LogP contribution in [0.15, 0.2) is 83.9 Å². The van der Waals surface area contributed by atoms with Gasteiger partial charge in [-0.3, -0.25) is 4.79 Å².